The van der Waals surface area contributed by atoms with Crippen molar-refractivity contribution in [3.63, 3.8) is 0 Å². The minimum Gasteiger partial charge on any atom is -0.507 e. The van der Waals surface area contributed by atoms with Crippen LogP contribution in [-0.2, 0) is 0 Å². The Morgan fingerprint density at radius 1 is 0.943 bits per heavy atom. The lowest BCUT2D eigenvalue weighted by molar-refractivity contribution is -0.0512. The van der Waals surface area contributed by atoms with Gasteiger partial charge in [-0.15, -0.1) is 0 Å². The molecule has 0 aromatic heterocycles. The number of aldehydes is 2. The predicted molar refractivity (Wildman–Crippen MR) is 132 cm³/mol. The highest BCUT2D eigenvalue weighted by atomic mass is 16.5. The van der Waals surface area contributed by atoms with Gasteiger partial charge in [-0.2, -0.15) is 0 Å². The maximum Gasteiger partial charge on any atom is 0.157 e. The van der Waals surface area contributed by atoms with Gasteiger partial charge in [0.25, 0.3) is 0 Å². The molecule has 4 aliphatic rings. The topological polar surface area (TPSA) is 83.8 Å². The molecule has 2 aromatic carbocycles. The molecule has 0 spiro atoms. The first-order valence-corrected chi connectivity index (χ1v) is 12.9. The van der Waals surface area contributed by atoms with Crippen LogP contribution < -0.4 is 4.74 Å². The molecular weight excluding hydrogens is 440 g/mol. The number of hydrogen-bond acceptors (Lipinski definition) is 5. The van der Waals surface area contributed by atoms with Crippen molar-refractivity contribution >= 4 is 12.6 Å². The van der Waals surface area contributed by atoms with Gasteiger partial charge in [-0.05, 0) is 59.8 Å². The van der Waals surface area contributed by atoms with Crippen molar-refractivity contribution in [3.05, 3.63) is 52.6 Å². The Morgan fingerprint density at radius 3 is 2.29 bits per heavy atom. The van der Waals surface area contributed by atoms with Crippen molar-refractivity contribution in [1.29, 1.82) is 0 Å². The largest absolute Gasteiger partial charge is 0.507 e. The molecule has 35 heavy (non-hydrogen) atoms. The fourth-order valence-corrected chi connectivity index (χ4v) is 8.89. The van der Waals surface area contributed by atoms with Gasteiger partial charge in [0.15, 0.2) is 12.6 Å². The molecule has 1 heterocycles. The normalized spacial score (nSPS) is 38.1. The molecule has 6 rings (SSSR count). The van der Waals surface area contributed by atoms with Crippen LogP contribution in [0.4, 0.5) is 0 Å². The number of carbonyl (C=O) groups is 2. The van der Waals surface area contributed by atoms with E-state index in [0.717, 1.165) is 24.8 Å². The van der Waals surface area contributed by atoms with Gasteiger partial charge in [0.1, 0.15) is 22.8 Å². The summed E-state index contributed by atoms with van der Waals surface area (Å²) in [5, 5.41) is 22.3. The lowest BCUT2D eigenvalue weighted by atomic mass is 9.59. The number of phenols is 2. The molecular formula is C30H34O5. The highest BCUT2D eigenvalue weighted by molar-refractivity contribution is 5.95. The highest BCUT2D eigenvalue weighted by Crippen LogP contribution is 2.78. The molecule has 0 radical (unpaired) electrons. The van der Waals surface area contributed by atoms with E-state index in [1.54, 1.807) is 0 Å². The summed E-state index contributed by atoms with van der Waals surface area (Å²) in [6, 6.07) is 10.1. The Kier molecular flexibility index (Phi) is 4.60. The van der Waals surface area contributed by atoms with Crippen LogP contribution in [0.3, 0.4) is 0 Å². The predicted octanol–water partition coefficient (Wildman–Crippen LogP) is 6.10. The molecule has 2 N–H and O–H groups in total. The molecule has 0 amide bonds. The highest BCUT2D eigenvalue weighted by Gasteiger charge is 2.75. The summed E-state index contributed by atoms with van der Waals surface area (Å²) < 4.78 is 7.05. The summed E-state index contributed by atoms with van der Waals surface area (Å²) in [5.74, 6) is 0.765. The molecule has 184 valence electrons. The second kappa shape index (κ2) is 7.11. The third-order valence-corrected chi connectivity index (χ3v) is 10.7. The Morgan fingerprint density at radius 2 is 1.63 bits per heavy atom. The van der Waals surface area contributed by atoms with Crippen LogP contribution in [0.1, 0.15) is 91.1 Å². The molecule has 7 atom stereocenters. The number of aromatic hydroxyl groups is 2. The first-order chi connectivity index (χ1) is 16.6. The quantitative estimate of drug-likeness (QED) is 0.525. The summed E-state index contributed by atoms with van der Waals surface area (Å²) in [6.07, 6.45) is 5.01. The fourth-order valence-electron chi connectivity index (χ4n) is 8.89. The van der Waals surface area contributed by atoms with E-state index in [1.807, 2.05) is 18.2 Å². The maximum absolute atomic E-state index is 12.4. The lowest BCUT2D eigenvalue weighted by Crippen LogP contribution is -2.50. The third kappa shape index (κ3) is 2.65. The van der Waals surface area contributed by atoms with E-state index in [1.165, 1.54) is 6.42 Å². The standard InChI is InChI=1S/C30H34O5/c1-16-10-11-20-23(28(20,2)3)27-29(4)12-13-30(16,27)35-26-19(15-32)24(33)18(14-31)25(34)21(26)22(29)17-8-6-5-7-9-17/h5-9,14-16,20,22-23,27,33-34H,10-13H2,1-4H3. The first kappa shape index (κ1) is 22.6. The molecule has 3 fully saturated rings. The van der Waals surface area contributed by atoms with E-state index in [0.29, 0.717) is 30.0 Å². The van der Waals surface area contributed by atoms with Gasteiger partial charge in [0.05, 0.1) is 11.1 Å². The minimum atomic E-state index is -0.500. The van der Waals surface area contributed by atoms with Crippen molar-refractivity contribution in [3.8, 4) is 17.2 Å². The Balaban J connectivity index is 1.73. The summed E-state index contributed by atoms with van der Waals surface area (Å²) in [7, 11) is 0. The van der Waals surface area contributed by atoms with Crippen LogP contribution in [0.25, 0.3) is 0 Å². The molecule has 3 saturated carbocycles. The average Bonchev–Trinajstić information content (AvgIpc) is 3.31. The minimum absolute atomic E-state index is 0.0341. The molecule has 5 nitrogen and oxygen atoms in total. The number of ether oxygens (including phenoxy) is 1. The zero-order valence-electron chi connectivity index (χ0n) is 20.9. The van der Waals surface area contributed by atoms with Gasteiger partial charge in [0, 0.05) is 17.4 Å². The molecule has 5 heteroatoms. The van der Waals surface area contributed by atoms with Crippen molar-refractivity contribution in [2.75, 3.05) is 0 Å². The molecule has 2 bridgehead atoms. The lowest BCUT2D eigenvalue weighted by Gasteiger charge is -2.45. The first-order valence-electron chi connectivity index (χ1n) is 12.9. The smallest absolute Gasteiger partial charge is 0.157 e. The second-order valence-corrected chi connectivity index (χ2v) is 12.3. The molecule has 7 unspecified atom stereocenters. The van der Waals surface area contributed by atoms with Crippen LogP contribution in [0.15, 0.2) is 30.3 Å². The fraction of sp³-hybridized carbons (Fsp3) is 0.533. The summed E-state index contributed by atoms with van der Waals surface area (Å²) in [6.45, 7) is 9.33. The van der Waals surface area contributed by atoms with E-state index in [9.17, 15) is 19.8 Å². The van der Waals surface area contributed by atoms with Crippen LogP contribution in [-0.4, -0.2) is 28.4 Å². The Hall–Kier alpha value is -2.82. The molecule has 2 aromatic rings. The SMILES string of the molecule is CC1CCC2C(C3C4(C)CCC13Oc1c(C=O)c(O)c(C=O)c(O)c1C4c1ccccc1)C2(C)C. The van der Waals surface area contributed by atoms with Crippen LogP contribution in [0, 0.1) is 34.5 Å². The van der Waals surface area contributed by atoms with E-state index in [-0.39, 0.29) is 51.2 Å². The van der Waals surface area contributed by atoms with Crippen molar-refractivity contribution in [2.24, 2.45) is 34.5 Å². The Bertz CT molecular complexity index is 1230. The number of phenolic OH excluding ortho intramolecular Hbond substituents is 2. The van der Waals surface area contributed by atoms with Gasteiger partial charge >= 0.3 is 0 Å². The maximum atomic E-state index is 12.4. The monoisotopic (exact) mass is 474 g/mol. The van der Waals surface area contributed by atoms with Gasteiger partial charge in [-0.25, -0.2) is 0 Å². The van der Waals surface area contributed by atoms with Gasteiger partial charge in [-0.3, -0.25) is 9.59 Å². The summed E-state index contributed by atoms with van der Waals surface area (Å²) >= 11 is 0. The third-order valence-electron chi connectivity index (χ3n) is 10.7. The number of rotatable bonds is 3. The number of hydrogen-bond donors (Lipinski definition) is 2. The molecule has 1 aliphatic heterocycles. The molecule has 3 aliphatic carbocycles. The number of fused-ring (bicyclic) bond motifs is 2. The number of carbonyl (C=O) groups excluding carboxylic acids is 2. The van der Waals surface area contributed by atoms with Crippen LogP contribution in [0.5, 0.6) is 17.2 Å². The summed E-state index contributed by atoms with van der Waals surface area (Å²) in [4.78, 5) is 24.4. The average molecular weight is 475 g/mol. The second-order valence-electron chi connectivity index (χ2n) is 12.3. The zero-order valence-corrected chi connectivity index (χ0v) is 20.9. The van der Waals surface area contributed by atoms with Gasteiger partial charge < -0.3 is 14.9 Å². The molecule has 0 saturated heterocycles. The van der Waals surface area contributed by atoms with E-state index in [4.69, 9.17) is 4.74 Å². The van der Waals surface area contributed by atoms with Crippen molar-refractivity contribution in [1.82, 2.24) is 0 Å². The number of benzene rings is 2. The van der Waals surface area contributed by atoms with Gasteiger partial charge in [-0.1, -0.05) is 58.0 Å². The van der Waals surface area contributed by atoms with Crippen LogP contribution >= 0.6 is 0 Å². The van der Waals surface area contributed by atoms with E-state index in [2.05, 4.69) is 39.8 Å². The van der Waals surface area contributed by atoms with Crippen LogP contribution in [0.2, 0.25) is 0 Å². The summed E-state index contributed by atoms with van der Waals surface area (Å²) in [5.41, 5.74) is 0.652. The zero-order chi connectivity index (χ0) is 24.9. The Labute approximate surface area is 206 Å². The van der Waals surface area contributed by atoms with E-state index >= 15 is 0 Å². The van der Waals surface area contributed by atoms with E-state index < -0.39 is 11.4 Å². The van der Waals surface area contributed by atoms with Crippen molar-refractivity contribution in [2.45, 2.75) is 64.9 Å². The van der Waals surface area contributed by atoms with Gasteiger partial charge in [0.2, 0.25) is 0 Å². The van der Waals surface area contributed by atoms with Crippen molar-refractivity contribution < 1.29 is 24.5 Å².